The van der Waals surface area contributed by atoms with Gasteiger partial charge in [0.25, 0.3) is 0 Å². The molecule has 0 bridgehead atoms. The van der Waals surface area contributed by atoms with E-state index in [0.29, 0.717) is 12.1 Å². The summed E-state index contributed by atoms with van der Waals surface area (Å²) in [5, 5.41) is 8.09. The van der Waals surface area contributed by atoms with E-state index < -0.39 is 12.1 Å². The molecule has 0 heterocycles. The number of nitrogens with one attached hydrogen (secondary N) is 3. The Kier molecular flexibility index (Phi) is 7.42. The fraction of sp³-hybridized carbons (Fsp3) is 0.500. The van der Waals surface area contributed by atoms with E-state index in [4.69, 9.17) is 0 Å². The average Bonchev–Trinajstić information content (AvgIpc) is 2.53. The minimum atomic E-state index is -0.710. The third kappa shape index (κ3) is 6.02. The van der Waals surface area contributed by atoms with Crippen LogP contribution in [0, 0.1) is 12.8 Å². The lowest BCUT2D eigenvalue weighted by atomic mass is 10.0. The highest BCUT2D eigenvalue weighted by atomic mass is 16.2. The zero-order valence-corrected chi connectivity index (χ0v) is 15.0. The highest BCUT2D eigenvalue weighted by molar-refractivity contribution is 5.98. The molecule has 0 radical (unpaired) electrons. The van der Waals surface area contributed by atoms with Crippen molar-refractivity contribution in [1.82, 2.24) is 10.6 Å². The first-order chi connectivity index (χ1) is 11.2. The molecule has 6 heteroatoms. The van der Waals surface area contributed by atoms with Crippen LogP contribution >= 0.6 is 0 Å². The van der Waals surface area contributed by atoms with Crippen molar-refractivity contribution in [3.05, 3.63) is 29.8 Å². The molecule has 0 saturated carbocycles. The standard InChI is InChI=1S/C18H27N3O3/c1-6-15(22)21-16(11(2)3)18(24)19-13(5)17(23)20-14-9-7-12(4)8-10-14/h7-11,13,16H,6H2,1-5H3,(H,19,24)(H,20,23)(H,21,22)/t13-,16-/m0/s1. The molecule has 0 aliphatic heterocycles. The van der Waals surface area contributed by atoms with Crippen LogP contribution in [0.15, 0.2) is 24.3 Å². The molecule has 24 heavy (non-hydrogen) atoms. The van der Waals surface area contributed by atoms with Crippen LogP contribution in [0.4, 0.5) is 5.69 Å². The fourth-order valence-corrected chi connectivity index (χ4v) is 2.07. The van der Waals surface area contributed by atoms with E-state index in [1.54, 1.807) is 26.0 Å². The van der Waals surface area contributed by atoms with Gasteiger partial charge >= 0.3 is 0 Å². The number of carbonyl (C=O) groups is 3. The molecule has 132 valence electrons. The monoisotopic (exact) mass is 333 g/mol. The van der Waals surface area contributed by atoms with Gasteiger partial charge in [-0.25, -0.2) is 0 Å². The van der Waals surface area contributed by atoms with Crippen molar-refractivity contribution in [2.45, 2.75) is 53.1 Å². The Balaban J connectivity index is 2.64. The van der Waals surface area contributed by atoms with Gasteiger partial charge in [0.1, 0.15) is 12.1 Å². The van der Waals surface area contributed by atoms with Crippen LogP contribution in [0.25, 0.3) is 0 Å². The maximum Gasteiger partial charge on any atom is 0.246 e. The molecule has 0 aliphatic rings. The van der Waals surface area contributed by atoms with E-state index in [1.807, 2.05) is 32.9 Å². The Bertz CT molecular complexity index is 582. The van der Waals surface area contributed by atoms with Gasteiger partial charge in [0.15, 0.2) is 0 Å². The molecule has 6 nitrogen and oxygen atoms in total. The topological polar surface area (TPSA) is 87.3 Å². The molecule has 0 saturated heterocycles. The number of aryl methyl sites for hydroxylation is 1. The van der Waals surface area contributed by atoms with Crippen molar-refractivity contribution in [1.29, 1.82) is 0 Å². The highest BCUT2D eigenvalue weighted by Crippen LogP contribution is 2.09. The summed E-state index contributed by atoms with van der Waals surface area (Å²) < 4.78 is 0. The number of amides is 3. The van der Waals surface area contributed by atoms with E-state index in [0.717, 1.165) is 5.56 Å². The van der Waals surface area contributed by atoms with E-state index in [9.17, 15) is 14.4 Å². The van der Waals surface area contributed by atoms with Gasteiger partial charge in [-0.15, -0.1) is 0 Å². The molecule has 0 aromatic heterocycles. The summed E-state index contributed by atoms with van der Waals surface area (Å²) in [6, 6.07) is 6.04. The second kappa shape index (κ2) is 9.05. The molecule has 3 amide bonds. The number of hydrogen-bond acceptors (Lipinski definition) is 3. The normalized spacial score (nSPS) is 13.1. The minimum Gasteiger partial charge on any atom is -0.344 e. The fourth-order valence-electron chi connectivity index (χ4n) is 2.07. The number of benzene rings is 1. The van der Waals surface area contributed by atoms with Crippen LogP contribution < -0.4 is 16.0 Å². The minimum absolute atomic E-state index is 0.0761. The molecule has 1 aromatic carbocycles. The Labute approximate surface area is 143 Å². The summed E-state index contributed by atoms with van der Waals surface area (Å²) in [7, 11) is 0. The van der Waals surface area contributed by atoms with Crippen LogP contribution in [0.2, 0.25) is 0 Å². The molecular weight excluding hydrogens is 306 g/mol. The first kappa shape index (κ1) is 19.7. The lowest BCUT2D eigenvalue weighted by molar-refractivity contribution is -0.131. The van der Waals surface area contributed by atoms with Crippen molar-refractivity contribution < 1.29 is 14.4 Å². The van der Waals surface area contributed by atoms with Crippen LogP contribution in [-0.4, -0.2) is 29.8 Å². The molecule has 0 aliphatic carbocycles. The highest BCUT2D eigenvalue weighted by Gasteiger charge is 2.26. The number of hydrogen-bond donors (Lipinski definition) is 3. The van der Waals surface area contributed by atoms with Crippen molar-refractivity contribution in [2.24, 2.45) is 5.92 Å². The second-order valence-corrected chi connectivity index (χ2v) is 6.23. The smallest absolute Gasteiger partial charge is 0.246 e. The summed E-state index contributed by atoms with van der Waals surface area (Å²) in [6.45, 7) is 8.99. The van der Waals surface area contributed by atoms with Gasteiger partial charge in [0.05, 0.1) is 0 Å². The maximum absolute atomic E-state index is 12.3. The molecule has 0 unspecified atom stereocenters. The summed E-state index contributed by atoms with van der Waals surface area (Å²) >= 11 is 0. The zero-order chi connectivity index (χ0) is 18.3. The van der Waals surface area contributed by atoms with E-state index in [-0.39, 0.29) is 23.6 Å². The van der Waals surface area contributed by atoms with Gasteiger partial charge < -0.3 is 16.0 Å². The van der Waals surface area contributed by atoms with Crippen molar-refractivity contribution in [3.63, 3.8) is 0 Å². The van der Waals surface area contributed by atoms with Gasteiger partial charge in [-0.2, -0.15) is 0 Å². The number of anilines is 1. The van der Waals surface area contributed by atoms with E-state index in [2.05, 4.69) is 16.0 Å². The Morgan fingerprint density at radius 2 is 1.54 bits per heavy atom. The van der Waals surface area contributed by atoms with Crippen LogP contribution in [0.5, 0.6) is 0 Å². The van der Waals surface area contributed by atoms with Crippen molar-refractivity contribution >= 4 is 23.4 Å². The molecule has 3 N–H and O–H groups in total. The average molecular weight is 333 g/mol. The third-order valence-corrected chi connectivity index (χ3v) is 3.66. The van der Waals surface area contributed by atoms with Crippen LogP contribution in [0.1, 0.15) is 39.7 Å². The SMILES string of the molecule is CCC(=O)N[C@H](C(=O)N[C@@H](C)C(=O)Nc1ccc(C)cc1)C(C)C. The first-order valence-electron chi connectivity index (χ1n) is 8.21. The predicted molar refractivity (Wildman–Crippen MR) is 94.5 cm³/mol. The number of carbonyl (C=O) groups excluding carboxylic acids is 3. The maximum atomic E-state index is 12.3. The van der Waals surface area contributed by atoms with Crippen molar-refractivity contribution in [2.75, 3.05) is 5.32 Å². The Morgan fingerprint density at radius 3 is 2.04 bits per heavy atom. The van der Waals surface area contributed by atoms with Gasteiger partial charge in [0, 0.05) is 12.1 Å². The molecule has 1 aromatic rings. The zero-order valence-electron chi connectivity index (χ0n) is 15.0. The van der Waals surface area contributed by atoms with Gasteiger partial charge in [-0.1, -0.05) is 38.5 Å². The predicted octanol–water partition coefficient (Wildman–Crippen LogP) is 1.99. The van der Waals surface area contributed by atoms with Crippen LogP contribution in [0.3, 0.4) is 0 Å². The van der Waals surface area contributed by atoms with E-state index in [1.165, 1.54) is 0 Å². The molecule has 2 atom stereocenters. The first-order valence-corrected chi connectivity index (χ1v) is 8.21. The van der Waals surface area contributed by atoms with Crippen LogP contribution in [-0.2, 0) is 14.4 Å². The Morgan fingerprint density at radius 1 is 0.958 bits per heavy atom. The molecular formula is C18H27N3O3. The van der Waals surface area contributed by atoms with E-state index >= 15 is 0 Å². The summed E-state index contributed by atoms with van der Waals surface area (Å²) in [5.74, 6) is -0.941. The number of rotatable bonds is 7. The largest absolute Gasteiger partial charge is 0.344 e. The molecule has 0 fully saturated rings. The summed E-state index contributed by atoms with van der Waals surface area (Å²) in [6.07, 6.45) is 0.306. The summed E-state index contributed by atoms with van der Waals surface area (Å²) in [5.41, 5.74) is 1.77. The molecule has 1 rings (SSSR count). The third-order valence-electron chi connectivity index (χ3n) is 3.66. The van der Waals surface area contributed by atoms with Crippen molar-refractivity contribution in [3.8, 4) is 0 Å². The molecule has 0 spiro atoms. The second-order valence-electron chi connectivity index (χ2n) is 6.23. The van der Waals surface area contributed by atoms with Gasteiger partial charge in [-0.05, 0) is 31.9 Å². The lowest BCUT2D eigenvalue weighted by Gasteiger charge is -2.23. The lowest BCUT2D eigenvalue weighted by Crippen LogP contribution is -2.53. The summed E-state index contributed by atoms with van der Waals surface area (Å²) in [4.78, 5) is 36.1. The Hall–Kier alpha value is -2.37. The quantitative estimate of drug-likeness (QED) is 0.713. The van der Waals surface area contributed by atoms with Gasteiger partial charge in [-0.3, -0.25) is 14.4 Å². The van der Waals surface area contributed by atoms with Gasteiger partial charge in [0.2, 0.25) is 17.7 Å².